The summed E-state index contributed by atoms with van der Waals surface area (Å²) < 4.78 is 25.8. The van der Waals surface area contributed by atoms with Crippen molar-refractivity contribution in [3.8, 4) is 0 Å². The van der Waals surface area contributed by atoms with E-state index >= 15 is 0 Å². The van der Waals surface area contributed by atoms with Crippen LogP contribution in [0, 0.1) is 5.82 Å². The van der Waals surface area contributed by atoms with Crippen LogP contribution in [0.4, 0.5) is 14.9 Å². The Kier molecular flexibility index (Phi) is 8.09. The van der Waals surface area contributed by atoms with E-state index in [2.05, 4.69) is 15.6 Å². The number of esters is 1. The maximum Gasteiger partial charge on any atom is 0.409 e. The number of aliphatic imine (C=N–C) groups is 1. The number of ether oxygens (including phenoxy) is 2. The van der Waals surface area contributed by atoms with Crippen LogP contribution in [-0.4, -0.2) is 35.4 Å². The number of carbonyl (C=O) groups excluding carboxylic acids is 3. The SMILES string of the molecule is CC(C(=O)OC(C)(C)C)c1cccc2c1NC(=O)C(NC(=O)OCc1ccccc1)N=C2c1ccccc1F. The van der Waals surface area contributed by atoms with Crippen LogP contribution in [0.1, 0.15) is 55.9 Å². The number of hydrogen-bond acceptors (Lipinski definition) is 6. The van der Waals surface area contributed by atoms with Gasteiger partial charge in [-0.3, -0.25) is 14.9 Å². The Hall–Kier alpha value is -4.53. The lowest BCUT2D eigenvalue weighted by atomic mass is 9.92. The molecule has 0 saturated carbocycles. The molecule has 3 aromatic rings. The van der Waals surface area contributed by atoms with E-state index < -0.39 is 41.5 Å². The summed E-state index contributed by atoms with van der Waals surface area (Å²) in [5.41, 5.74) is 1.45. The summed E-state index contributed by atoms with van der Waals surface area (Å²) in [7, 11) is 0. The zero-order valence-electron chi connectivity index (χ0n) is 22.2. The topological polar surface area (TPSA) is 106 Å². The molecule has 2 N–H and O–H groups in total. The lowest BCUT2D eigenvalue weighted by Gasteiger charge is -2.24. The zero-order chi connectivity index (χ0) is 28.2. The highest BCUT2D eigenvalue weighted by Gasteiger charge is 2.32. The van der Waals surface area contributed by atoms with E-state index in [0.29, 0.717) is 11.1 Å². The first kappa shape index (κ1) is 27.5. The second-order valence-corrected chi connectivity index (χ2v) is 10.1. The van der Waals surface area contributed by atoms with Crippen molar-refractivity contribution in [1.29, 1.82) is 0 Å². The van der Waals surface area contributed by atoms with E-state index in [1.54, 1.807) is 64.1 Å². The number of rotatable bonds is 6. The second kappa shape index (κ2) is 11.5. The third-order valence-corrected chi connectivity index (χ3v) is 5.93. The van der Waals surface area contributed by atoms with Crippen LogP contribution in [0.5, 0.6) is 0 Å². The Morgan fingerprint density at radius 3 is 2.36 bits per heavy atom. The summed E-state index contributed by atoms with van der Waals surface area (Å²) in [6, 6.07) is 20.1. The van der Waals surface area contributed by atoms with Gasteiger partial charge in [0, 0.05) is 11.1 Å². The monoisotopic (exact) mass is 531 g/mol. The number of fused-ring (bicyclic) bond motifs is 1. The van der Waals surface area contributed by atoms with Gasteiger partial charge in [-0.1, -0.05) is 60.7 Å². The molecule has 0 aliphatic carbocycles. The summed E-state index contributed by atoms with van der Waals surface area (Å²) in [5.74, 6) is -2.49. The van der Waals surface area contributed by atoms with Crippen molar-refractivity contribution >= 4 is 29.4 Å². The number of amides is 2. The van der Waals surface area contributed by atoms with E-state index in [-0.39, 0.29) is 23.6 Å². The third kappa shape index (κ3) is 6.67. The molecule has 8 nitrogen and oxygen atoms in total. The minimum Gasteiger partial charge on any atom is -0.460 e. The molecule has 1 aliphatic rings. The van der Waals surface area contributed by atoms with E-state index in [0.717, 1.165) is 5.56 Å². The first-order valence-electron chi connectivity index (χ1n) is 12.5. The van der Waals surface area contributed by atoms with Crippen molar-refractivity contribution in [2.75, 3.05) is 5.32 Å². The van der Waals surface area contributed by atoms with Gasteiger partial charge in [0.1, 0.15) is 18.0 Å². The average molecular weight is 532 g/mol. The van der Waals surface area contributed by atoms with Crippen molar-refractivity contribution < 1.29 is 28.2 Å². The fraction of sp³-hybridized carbons (Fsp3) is 0.267. The van der Waals surface area contributed by atoms with Crippen LogP contribution >= 0.6 is 0 Å². The number of nitrogens with one attached hydrogen (secondary N) is 2. The maximum absolute atomic E-state index is 15.0. The van der Waals surface area contributed by atoms with Crippen molar-refractivity contribution in [1.82, 2.24) is 5.32 Å². The van der Waals surface area contributed by atoms with Crippen LogP contribution in [0.2, 0.25) is 0 Å². The molecule has 0 fully saturated rings. The van der Waals surface area contributed by atoms with Crippen LogP contribution < -0.4 is 10.6 Å². The number of alkyl carbamates (subject to hydrolysis) is 1. The predicted octanol–water partition coefficient (Wildman–Crippen LogP) is 5.31. The molecule has 0 bridgehead atoms. The normalized spacial score (nSPS) is 15.7. The van der Waals surface area contributed by atoms with Gasteiger partial charge in [0.25, 0.3) is 5.91 Å². The summed E-state index contributed by atoms with van der Waals surface area (Å²) in [6.07, 6.45) is -2.30. The molecule has 0 radical (unpaired) electrons. The molecule has 3 aromatic carbocycles. The van der Waals surface area contributed by atoms with Crippen LogP contribution in [0.25, 0.3) is 0 Å². The lowest BCUT2D eigenvalue weighted by molar-refractivity contribution is -0.156. The summed E-state index contributed by atoms with van der Waals surface area (Å²) in [4.78, 5) is 43.3. The zero-order valence-corrected chi connectivity index (χ0v) is 22.2. The van der Waals surface area contributed by atoms with Crippen molar-refractivity contribution in [3.05, 3.63) is 101 Å². The molecule has 0 saturated heterocycles. The smallest absolute Gasteiger partial charge is 0.409 e. The van der Waals surface area contributed by atoms with Crippen LogP contribution in [0.15, 0.2) is 77.8 Å². The standard InChI is InChI=1S/C30H30FN3O5/c1-18(28(36)39-30(2,3)4)20-14-10-15-22-24(20)33-27(35)26(32-25(22)21-13-8-9-16-23(21)31)34-29(37)38-17-19-11-6-5-7-12-19/h5-16,18,26H,17H2,1-4H3,(H,33,35)(H,34,37). The van der Waals surface area contributed by atoms with Gasteiger partial charge >= 0.3 is 12.1 Å². The van der Waals surface area contributed by atoms with Gasteiger partial charge in [-0.05, 0) is 51.0 Å². The molecule has 1 heterocycles. The lowest BCUT2D eigenvalue weighted by Crippen LogP contribution is -2.42. The molecule has 4 rings (SSSR count). The molecule has 2 amide bonds. The molecule has 9 heteroatoms. The quantitative estimate of drug-likeness (QED) is 0.419. The molecule has 1 aliphatic heterocycles. The number of para-hydroxylation sites is 1. The molecule has 39 heavy (non-hydrogen) atoms. The molecule has 0 spiro atoms. The Morgan fingerprint density at radius 1 is 1.00 bits per heavy atom. The molecular formula is C30H30FN3O5. The highest BCUT2D eigenvalue weighted by atomic mass is 19.1. The number of benzodiazepines with no additional fused rings is 1. The largest absolute Gasteiger partial charge is 0.460 e. The van der Waals surface area contributed by atoms with Gasteiger partial charge in [-0.15, -0.1) is 0 Å². The number of benzene rings is 3. The van der Waals surface area contributed by atoms with E-state index in [1.165, 1.54) is 18.2 Å². The Balaban J connectivity index is 1.70. The summed E-state index contributed by atoms with van der Waals surface area (Å²) in [6.45, 7) is 6.95. The fourth-order valence-electron chi connectivity index (χ4n) is 4.08. The summed E-state index contributed by atoms with van der Waals surface area (Å²) in [5, 5.41) is 5.24. The van der Waals surface area contributed by atoms with Gasteiger partial charge in [-0.25, -0.2) is 14.2 Å². The van der Waals surface area contributed by atoms with Gasteiger partial charge in [-0.2, -0.15) is 0 Å². The average Bonchev–Trinajstić information content (AvgIpc) is 3.03. The first-order chi connectivity index (χ1) is 18.5. The predicted molar refractivity (Wildman–Crippen MR) is 145 cm³/mol. The van der Waals surface area contributed by atoms with E-state index in [4.69, 9.17) is 9.47 Å². The first-order valence-corrected chi connectivity index (χ1v) is 12.5. The molecule has 0 aromatic heterocycles. The van der Waals surface area contributed by atoms with Crippen molar-refractivity contribution in [2.45, 2.75) is 52.0 Å². The number of halogens is 1. The molecular weight excluding hydrogens is 501 g/mol. The van der Waals surface area contributed by atoms with Crippen molar-refractivity contribution in [3.63, 3.8) is 0 Å². The Bertz CT molecular complexity index is 1420. The molecule has 2 atom stereocenters. The number of carbonyl (C=O) groups is 3. The molecule has 202 valence electrons. The maximum atomic E-state index is 15.0. The number of hydrogen-bond donors (Lipinski definition) is 2. The van der Waals surface area contributed by atoms with Crippen molar-refractivity contribution in [2.24, 2.45) is 4.99 Å². The Labute approximate surface area is 226 Å². The highest BCUT2D eigenvalue weighted by molar-refractivity contribution is 6.20. The highest BCUT2D eigenvalue weighted by Crippen LogP contribution is 2.34. The van der Waals surface area contributed by atoms with E-state index in [1.807, 2.05) is 18.2 Å². The third-order valence-electron chi connectivity index (χ3n) is 5.93. The molecule has 2 unspecified atom stereocenters. The fourth-order valence-corrected chi connectivity index (χ4v) is 4.08. The van der Waals surface area contributed by atoms with Gasteiger partial charge < -0.3 is 14.8 Å². The minimum absolute atomic E-state index is 0.0112. The number of anilines is 1. The summed E-state index contributed by atoms with van der Waals surface area (Å²) >= 11 is 0. The van der Waals surface area contributed by atoms with Crippen LogP contribution in [0.3, 0.4) is 0 Å². The second-order valence-electron chi connectivity index (χ2n) is 10.1. The van der Waals surface area contributed by atoms with Gasteiger partial charge in [0.05, 0.1) is 17.3 Å². The van der Waals surface area contributed by atoms with Gasteiger partial charge in [0.15, 0.2) is 0 Å². The Morgan fingerprint density at radius 2 is 1.67 bits per heavy atom. The van der Waals surface area contributed by atoms with Crippen LogP contribution in [-0.2, 0) is 25.7 Å². The number of nitrogens with zero attached hydrogens (tertiary/aromatic N) is 1. The minimum atomic E-state index is -1.43. The van der Waals surface area contributed by atoms with E-state index in [9.17, 15) is 18.8 Å². The van der Waals surface area contributed by atoms with Gasteiger partial charge in [0.2, 0.25) is 6.17 Å².